The van der Waals surface area contributed by atoms with Crippen LogP contribution in [-0.2, 0) is 5.41 Å². The van der Waals surface area contributed by atoms with Gasteiger partial charge in [-0.2, -0.15) is 0 Å². The lowest BCUT2D eigenvalue weighted by Crippen LogP contribution is -2.42. The van der Waals surface area contributed by atoms with Crippen LogP contribution in [-0.4, -0.2) is 5.78 Å². The molecule has 2 nitrogen and oxygen atoms in total. The fraction of sp³-hybridized carbons (Fsp3) is 0.316. The first-order valence-corrected chi connectivity index (χ1v) is 7.57. The Bertz CT molecular complexity index is 732. The fourth-order valence-electron chi connectivity index (χ4n) is 3.99. The van der Waals surface area contributed by atoms with E-state index in [1.807, 2.05) is 24.3 Å². The summed E-state index contributed by atoms with van der Waals surface area (Å²) >= 11 is 0. The van der Waals surface area contributed by atoms with Gasteiger partial charge in [0.15, 0.2) is 5.78 Å². The zero-order chi connectivity index (χ0) is 14.6. The average molecular weight is 277 g/mol. The second-order valence-electron chi connectivity index (χ2n) is 6.81. The van der Waals surface area contributed by atoms with Crippen LogP contribution in [0.1, 0.15) is 47.8 Å². The number of carbonyl (C=O) groups excluding carboxylic acids is 1. The Morgan fingerprint density at radius 3 is 2.62 bits per heavy atom. The molecule has 2 heteroatoms. The molecule has 106 valence electrons. The predicted octanol–water partition coefficient (Wildman–Crippen LogP) is 4.33. The first-order chi connectivity index (χ1) is 10.1. The summed E-state index contributed by atoms with van der Waals surface area (Å²) in [6.07, 6.45) is 0.898. The number of hydrogen-bond donors (Lipinski definition) is 1. The highest BCUT2D eigenvalue weighted by atomic mass is 16.1. The summed E-state index contributed by atoms with van der Waals surface area (Å²) in [6.45, 7) is 4.49. The highest BCUT2D eigenvalue weighted by Crippen LogP contribution is 2.49. The number of carbonyl (C=O) groups is 1. The van der Waals surface area contributed by atoms with Crippen molar-refractivity contribution in [3.8, 4) is 0 Å². The minimum atomic E-state index is 0.0322. The lowest BCUT2D eigenvalue weighted by molar-refractivity contribution is 0.0859. The van der Waals surface area contributed by atoms with Gasteiger partial charge in [0.25, 0.3) is 0 Å². The van der Waals surface area contributed by atoms with Crippen molar-refractivity contribution in [1.29, 1.82) is 0 Å². The molecule has 21 heavy (non-hydrogen) atoms. The monoisotopic (exact) mass is 277 g/mol. The van der Waals surface area contributed by atoms with Crippen molar-refractivity contribution < 1.29 is 4.79 Å². The smallest absolute Gasteiger partial charge is 0.170 e. The van der Waals surface area contributed by atoms with E-state index in [1.165, 1.54) is 11.1 Å². The van der Waals surface area contributed by atoms with Gasteiger partial charge in [0.1, 0.15) is 0 Å². The number of nitrogens with one attached hydrogen (secondary N) is 1. The molecular weight excluding hydrogens is 258 g/mol. The van der Waals surface area contributed by atoms with E-state index < -0.39 is 0 Å². The molecule has 0 unspecified atom stereocenters. The SMILES string of the molecule is CC1(C)C[C@H]2C(=O)c3ccccc3N[C@@H]2c2ccccc21. The molecule has 2 aliphatic rings. The van der Waals surface area contributed by atoms with E-state index in [-0.39, 0.29) is 23.2 Å². The molecule has 1 aliphatic carbocycles. The quantitative estimate of drug-likeness (QED) is 0.776. The average Bonchev–Trinajstić information content (AvgIpc) is 2.49. The van der Waals surface area contributed by atoms with Gasteiger partial charge < -0.3 is 5.32 Å². The molecule has 1 aliphatic heterocycles. The summed E-state index contributed by atoms with van der Waals surface area (Å²) < 4.78 is 0. The fourth-order valence-corrected chi connectivity index (χ4v) is 3.99. The van der Waals surface area contributed by atoms with Crippen molar-refractivity contribution in [2.75, 3.05) is 5.32 Å². The maximum absolute atomic E-state index is 12.9. The van der Waals surface area contributed by atoms with Crippen LogP contribution in [0.4, 0.5) is 5.69 Å². The van der Waals surface area contributed by atoms with E-state index in [2.05, 4.69) is 43.4 Å². The third-order valence-electron chi connectivity index (χ3n) is 5.00. The van der Waals surface area contributed by atoms with Crippen LogP contribution in [0.25, 0.3) is 0 Å². The second-order valence-corrected chi connectivity index (χ2v) is 6.81. The maximum Gasteiger partial charge on any atom is 0.170 e. The van der Waals surface area contributed by atoms with Gasteiger partial charge in [0.2, 0.25) is 0 Å². The topological polar surface area (TPSA) is 29.1 Å². The molecule has 0 saturated carbocycles. The summed E-state index contributed by atoms with van der Waals surface area (Å²) in [5.41, 5.74) is 4.50. The van der Waals surface area contributed by atoms with Gasteiger partial charge in [0, 0.05) is 17.2 Å². The van der Waals surface area contributed by atoms with Crippen molar-refractivity contribution in [2.45, 2.75) is 31.7 Å². The van der Waals surface area contributed by atoms with Crippen LogP contribution in [0.5, 0.6) is 0 Å². The van der Waals surface area contributed by atoms with Crippen LogP contribution in [0, 0.1) is 5.92 Å². The largest absolute Gasteiger partial charge is 0.377 e. The summed E-state index contributed by atoms with van der Waals surface area (Å²) in [5, 5.41) is 3.60. The molecule has 2 aromatic carbocycles. The number of fused-ring (bicyclic) bond motifs is 4. The molecule has 0 spiro atoms. The van der Waals surface area contributed by atoms with Gasteiger partial charge in [-0.3, -0.25) is 4.79 Å². The van der Waals surface area contributed by atoms with Gasteiger partial charge >= 0.3 is 0 Å². The Morgan fingerprint density at radius 2 is 1.76 bits per heavy atom. The number of para-hydroxylation sites is 1. The van der Waals surface area contributed by atoms with Crippen LogP contribution < -0.4 is 5.32 Å². The Morgan fingerprint density at radius 1 is 1.05 bits per heavy atom. The first kappa shape index (κ1) is 12.6. The van der Waals surface area contributed by atoms with Crippen molar-refractivity contribution in [2.24, 2.45) is 5.92 Å². The van der Waals surface area contributed by atoms with Gasteiger partial charge in [-0.25, -0.2) is 0 Å². The molecule has 0 amide bonds. The highest BCUT2D eigenvalue weighted by molar-refractivity contribution is 6.05. The lowest BCUT2D eigenvalue weighted by atomic mass is 9.63. The standard InChI is InChI=1S/C19H19NO/c1-19(2)11-14-17(12-7-3-5-9-15(12)19)20-16-10-6-4-8-13(16)18(14)21/h3-10,14,17,20H,11H2,1-2H3/t14-,17-/m1/s1. The molecule has 4 rings (SSSR count). The van der Waals surface area contributed by atoms with Crippen LogP contribution in [0.15, 0.2) is 48.5 Å². The van der Waals surface area contributed by atoms with Crippen LogP contribution >= 0.6 is 0 Å². The normalized spacial score (nSPS) is 25.3. The van der Waals surface area contributed by atoms with Crippen molar-refractivity contribution in [3.63, 3.8) is 0 Å². The van der Waals surface area contributed by atoms with Crippen LogP contribution in [0.3, 0.4) is 0 Å². The van der Waals surface area contributed by atoms with Gasteiger partial charge in [-0.15, -0.1) is 0 Å². The Hall–Kier alpha value is -2.09. The molecule has 1 heterocycles. The Labute approximate surface area is 125 Å². The van der Waals surface area contributed by atoms with E-state index in [0.29, 0.717) is 0 Å². The lowest BCUT2D eigenvalue weighted by Gasteiger charge is -2.45. The molecule has 2 atom stereocenters. The number of benzene rings is 2. The molecule has 0 saturated heterocycles. The predicted molar refractivity (Wildman–Crippen MR) is 84.7 cm³/mol. The van der Waals surface area contributed by atoms with Gasteiger partial charge in [0.05, 0.1) is 6.04 Å². The van der Waals surface area contributed by atoms with Gasteiger partial charge in [-0.05, 0) is 35.1 Å². The maximum atomic E-state index is 12.9. The minimum absolute atomic E-state index is 0.0322. The van der Waals surface area contributed by atoms with Crippen molar-refractivity contribution in [3.05, 3.63) is 65.2 Å². The third-order valence-corrected chi connectivity index (χ3v) is 5.00. The van der Waals surface area contributed by atoms with E-state index in [1.54, 1.807) is 0 Å². The van der Waals surface area contributed by atoms with E-state index >= 15 is 0 Å². The third kappa shape index (κ3) is 1.75. The summed E-state index contributed by atoms with van der Waals surface area (Å²) in [5.74, 6) is 0.321. The van der Waals surface area contributed by atoms with Gasteiger partial charge in [-0.1, -0.05) is 50.2 Å². The second kappa shape index (κ2) is 4.20. The molecule has 0 aromatic heterocycles. The molecule has 1 N–H and O–H groups in total. The summed E-state index contributed by atoms with van der Waals surface area (Å²) in [4.78, 5) is 12.9. The number of rotatable bonds is 0. The minimum Gasteiger partial charge on any atom is -0.377 e. The van der Waals surface area contributed by atoms with Crippen molar-refractivity contribution >= 4 is 11.5 Å². The highest BCUT2D eigenvalue weighted by Gasteiger charge is 2.45. The summed E-state index contributed by atoms with van der Waals surface area (Å²) in [6, 6.07) is 16.5. The number of ketones is 1. The Balaban J connectivity index is 1.90. The molecule has 2 aromatic rings. The summed E-state index contributed by atoms with van der Waals surface area (Å²) in [7, 11) is 0. The molecule has 0 bridgehead atoms. The molecule has 0 radical (unpaired) electrons. The van der Waals surface area contributed by atoms with Crippen molar-refractivity contribution in [1.82, 2.24) is 0 Å². The molecule has 0 fully saturated rings. The Kier molecular flexibility index (Phi) is 2.53. The van der Waals surface area contributed by atoms with E-state index in [4.69, 9.17) is 0 Å². The number of Topliss-reactive ketones (excluding diaryl/α,β-unsaturated/α-hetero) is 1. The zero-order valence-electron chi connectivity index (χ0n) is 12.4. The van der Waals surface area contributed by atoms with E-state index in [0.717, 1.165) is 17.7 Å². The zero-order valence-corrected chi connectivity index (χ0v) is 12.4. The van der Waals surface area contributed by atoms with E-state index in [9.17, 15) is 4.79 Å². The molecular formula is C19H19NO. The van der Waals surface area contributed by atoms with Crippen LogP contribution in [0.2, 0.25) is 0 Å². The number of hydrogen-bond acceptors (Lipinski definition) is 2. The number of anilines is 1. The first-order valence-electron chi connectivity index (χ1n) is 7.57.